The predicted octanol–water partition coefficient (Wildman–Crippen LogP) is 4.90. The molecule has 2 rings (SSSR count). The van der Waals surface area contributed by atoms with Gasteiger partial charge in [0, 0.05) is 5.02 Å². The molecule has 2 aromatic carbocycles. The van der Waals surface area contributed by atoms with E-state index < -0.39 is 5.97 Å². The smallest absolute Gasteiger partial charge is 0.340 e. The fourth-order valence-corrected chi connectivity index (χ4v) is 2.82. The molecular formula is C20H22ClNO3. The van der Waals surface area contributed by atoms with Crippen LogP contribution in [0.15, 0.2) is 48.5 Å². The number of amides is 1. The molecule has 132 valence electrons. The highest BCUT2D eigenvalue weighted by atomic mass is 35.5. The maximum absolute atomic E-state index is 12.9. The minimum atomic E-state index is -0.453. The molecule has 0 aromatic heterocycles. The van der Waals surface area contributed by atoms with Crippen LogP contribution in [0.3, 0.4) is 0 Å². The number of benzene rings is 2. The summed E-state index contributed by atoms with van der Waals surface area (Å²) in [7, 11) is 0. The van der Waals surface area contributed by atoms with Gasteiger partial charge >= 0.3 is 5.97 Å². The maximum atomic E-state index is 12.9. The first-order valence-electron chi connectivity index (χ1n) is 8.26. The molecule has 2 aromatic rings. The first kappa shape index (κ1) is 19.0. The highest BCUT2D eigenvalue weighted by Crippen LogP contribution is 2.28. The predicted molar refractivity (Wildman–Crippen MR) is 100 cm³/mol. The van der Waals surface area contributed by atoms with Crippen molar-refractivity contribution in [3.05, 3.63) is 64.7 Å². The number of rotatable bonds is 6. The van der Waals surface area contributed by atoms with Crippen molar-refractivity contribution in [2.45, 2.75) is 26.7 Å². The lowest BCUT2D eigenvalue weighted by Crippen LogP contribution is -2.26. The van der Waals surface area contributed by atoms with Crippen LogP contribution in [0, 0.1) is 5.92 Å². The molecule has 0 radical (unpaired) electrons. The van der Waals surface area contributed by atoms with Crippen molar-refractivity contribution < 1.29 is 14.3 Å². The minimum Gasteiger partial charge on any atom is -0.462 e. The lowest BCUT2D eigenvalue weighted by Gasteiger charge is -2.21. The summed E-state index contributed by atoms with van der Waals surface area (Å²) in [4.78, 5) is 24.9. The van der Waals surface area contributed by atoms with Gasteiger partial charge in [-0.2, -0.15) is 0 Å². The summed E-state index contributed by atoms with van der Waals surface area (Å²) in [5.74, 6) is -0.900. The summed E-state index contributed by atoms with van der Waals surface area (Å²) in [6, 6.07) is 14.1. The second-order valence-electron chi connectivity index (χ2n) is 6.03. The van der Waals surface area contributed by atoms with Crippen LogP contribution < -0.4 is 5.32 Å². The summed E-state index contributed by atoms with van der Waals surface area (Å²) in [5.41, 5.74) is 1.67. The number of para-hydroxylation sites is 1. The zero-order valence-electron chi connectivity index (χ0n) is 14.6. The summed E-state index contributed by atoms with van der Waals surface area (Å²) < 4.78 is 5.05. The van der Waals surface area contributed by atoms with E-state index in [1.165, 1.54) is 0 Å². The fourth-order valence-electron chi connectivity index (χ4n) is 2.70. The summed E-state index contributed by atoms with van der Waals surface area (Å²) >= 11 is 5.94. The highest BCUT2D eigenvalue weighted by molar-refractivity contribution is 6.30. The SMILES string of the molecule is CCOC(=O)c1ccccc1NC(=O)[C@@H](c1ccc(Cl)cc1)C(C)C. The van der Waals surface area contributed by atoms with Crippen LogP contribution in [0.2, 0.25) is 5.02 Å². The number of nitrogens with one attached hydrogen (secondary N) is 1. The van der Waals surface area contributed by atoms with Crippen molar-refractivity contribution in [1.29, 1.82) is 0 Å². The molecule has 0 fully saturated rings. The summed E-state index contributed by atoms with van der Waals surface area (Å²) in [5, 5.41) is 3.50. The van der Waals surface area contributed by atoms with E-state index in [9.17, 15) is 9.59 Å². The molecule has 0 heterocycles. The highest BCUT2D eigenvalue weighted by Gasteiger charge is 2.25. The van der Waals surface area contributed by atoms with Crippen LogP contribution in [0.5, 0.6) is 0 Å². The molecule has 0 aliphatic carbocycles. The Balaban J connectivity index is 2.28. The monoisotopic (exact) mass is 359 g/mol. The third-order valence-corrected chi connectivity index (χ3v) is 4.11. The average Bonchev–Trinajstić information content (AvgIpc) is 2.57. The first-order chi connectivity index (χ1) is 11.9. The number of esters is 1. The van der Waals surface area contributed by atoms with Crippen molar-refractivity contribution in [2.75, 3.05) is 11.9 Å². The van der Waals surface area contributed by atoms with E-state index in [0.29, 0.717) is 16.3 Å². The number of hydrogen-bond donors (Lipinski definition) is 1. The van der Waals surface area contributed by atoms with Crippen LogP contribution in [0.1, 0.15) is 42.6 Å². The van der Waals surface area contributed by atoms with Crippen molar-refractivity contribution in [2.24, 2.45) is 5.92 Å². The van der Waals surface area contributed by atoms with Gasteiger partial charge < -0.3 is 10.1 Å². The van der Waals surface area contributed by atoms with Gasteiger partial charge in [-0.05, 0) is 42.7 Å². The van der Waals surface area contributed by atoms with E-state index in [0.717, 1.165) is 5.56 Å². The third kappa shape index (κ3) is 4.83. The Morgan fingerprint density at radius 2 is 1.72 bits per heavy atom. The summed E-state index contributed by atoms with van der Waals surface area (Å²) in [6.45, 7) is 5.99. The molecule has 4 nitrogen and oxygen atoms in total. The molecule has 0 spiro atoms. The van der Waals surface area contributed by atoms with Crippen LogP contribution in [0.25, 0.3) is 0 Å². The molecule has 5 heteroatoms. The molecule has 1 atom stereocenters. The van der Waals surface area contributed by atoms with Crippen molar-refractivity contribution in [3.8, 4) is 0 Å². The Hall–Kier alpha value is -2.33. The topological polar surface area (TPSA) is 55.4 Å². The molecule has 0 aliphatic heterocycles. The molecule has 0 aliphatic rings. The van der Waals surface area contributed by atoms with E-state index >= 15 is 0 Å². The molecule has 0 saturated heterocycles. The van der Waals surface area contributed by atoms with Crippen LogP contribution in [-0.4, -0.2) is 18.5 Å². The molecule has 0 saturated carbocycles. The molecule has 0 unspecified atom stereocenters. The number of halogens is 1. The number of anilines is 1. The summed E-state index contributed by atoms with van der Waals surface area (Å²) in [6.07, 6.45) is 0. The van der Waals surface area contributed by atoms with Gasteiger partial charge in [0.2, 0.25) is 5.91 Å². The average molecular weight is 360 g/mol. The van der Waals surface area contributed by atoms with Gasteiger partial charge in [-0.3, -0.25) is 4.79 Å². The number of carbonyl (C=O) groups is 2. The van der Waals surface area contributed by atoms with Gasteiger partial charge in [0.25, 0.3) is 0 Å². The quantitative estimate of drug-likeness (QED) is 0.746. The zero-order valence-corrected chi connectivity index (χ0v) is 15.3. The van der Waals surface area contributed by atoms with Crippen LogP contribution >= 0.6 is 11.6 Å². The van der Waals surface area contributed by atoms with Crippen LogP contribution in [0.4, 0.5) is 5.69 Å². The number of carbonyl (C=O) groups excluding carboxylic acids is 2. The molecule has 1 N–H and O–H groups in total. The van der Waals surface area contributed by atoms with Gasteiger partial charge in [-0.15, -0.1) is 0 Å². The largest absolute Gasteiger partial charge is 0.462 e. The van der Waals surface area contributed by atoms with Gasteiger partial charge in [0.05, 0.1) is 23.8 Å². The van der Waals surface area contributed by atoms with Gasteiger partial charge in [0.15, 0.2) is 0 Å². The molecule has 25 heavy (non-hydrogen) atoms. The zero-order chi connectivity index (χ0) is 18.4. The molecule has 0 bridgehead atoms. The Labute approximate surface area is 153 Å². The van der Waals surface area contributed by atoms with Crippen molar-refractivity contribution in [3.63, 3.8) is 0 Å². The van der Waals surface area contributed by atoms with E-state index in [2.05, 4.69) is 5.32 Å². The number of ether oxygens (including phenoxy) is 1. The Morgan fingerprint density at radius 1 is 1.08 bits per heavy atom. The van der Waals surface area contributed by atoms with E-state index in [4.69, 9.17) is 16.3 Å². The number of hydrogen-bond acceptors (Lipinski definition) is 3. The lowest BCUT2D eigenvalue weighted by molar-refractivity contribution is -0.118. The standard InChI is InChI=1S/C20H22ClNO3/c1-4-25-20(24)16-7-5-6-8-17(16)22-19(23)18(13(2)3)14-9-11-15(21)12-10-14/h5-13,18H,4H2,1-3H3,(H,22,23)/t18-/m1/s1. The van der Waals surface area contributed by atoms with Gasteiger partial charge in [0.1, 0.15) is 0 Å². The van der Waals surface area contributed by atoms with Gasteiger partial charge in [-0.25, -0.2) is 4.79 Å². The Morgan fingerprint density at radius 3 is 2.32 bits per heavy atom. The maximum Gasteiger partial charge on any atom is 0.340 e. The van der Waals surface area contributed by atoms with Gasteiger partial charge in [-0.1, -0.05) is 49.7 Å². The van der Waals surface area contributed by atoms with E-state index in [1.807, 2.05) is 26.0 Å². The fraction of sp³-hybridized carbons (Fsp3) is 0.300. The van der Waals surface area contributed by atoms with E-state index in [1.54, 1.807) is 43.3 Å². The second kappa shape index (κ2) is 8.67. The third-order valence-electron chi connectivity index (χ3n) is 3.86. The molecule has 1 amide bonds. The Kier molecular flexibility index (Phi) is 6.59. The second-order valence-corrected chi connectivity index (χ2v) is 6.46. The first-order valence-corrected chi connectivity index (χ1v) is 8.64. The van der Waals surface area contributed by atoms with Crippen molar-refractivity contribution >= 4 is 29.2 Å². The normalized spacial score (nSPS) is 11.9. The minimum absolute atomic E-state index is 0.0796. The lowest BCUT2D eigenvalue weighted by atomic mass is 9.87. The molecular weight excluding hydrogens is 338 g/mol. The van der Waals surface area contributed by atoms with E-state index in [-0.39, 0.29) is 24.3 Å². The van der Waals surface area contributed by atoms with Crippen molar-refractivity contribution in [1.82, 2.24) is 0 Å². The van der Waals surface area contributed by atoms with Crippen LogP contribution in [-0.2, 0) is 9.53 Å². The Bertz CT molecular complexity index is 741.